The molecule has 0 radical (unpaired) electrons. The van der Waals surface area contributed by atoms with E-state index in [1.54, 1.807) is 6.92 Å². The predicted molar refractivity (Wildman–Crippen MR) is 46.9 cm³/mol. The van der Waals surface area contributed by atoms with Crippen molar-refractivity contribution >= 4 is 12.1 Å². The Labute approximate surface area is 76.3 Å². The molecule has 0 aliphatic carbocycles. The molecule has 0 saturated carbocycles. The van der Waals surface area contributed by atoms with Crippen LogP contribution in [0.2, 0.25) is 0 Å². The highest BCUT2D eigenvalue weighted by atomic mass is 16.6. The van der Waals surface area contributed by atoms with Crippen molar-refractivity contribution in [2.24, 2.45) is 0 Å². The lowest BCUT2D eigenvalue weighted by Crippen LogP contribution is -2.47. The molecule has 6 heteroatoms. The normalized spacial score (nSPS) is 8.38. The predicted octanol–water partition coefficient (Wildman–Crippen LogP) is 0.133. The maximum Gasteiger partial charge on any atom is 0.426 e. The summed E-state index contributed by atoms with van der Waals surface area (Å²) < 4.78 is 4.48. The van der Waals surface area contributed by atoms with Crippen LogP contribution in [0.15, 0.2) is 12.7 Å². The molecule has 0 heterocycles. The zero-order valence-electron chi connectivity index (χ0n) is 7.42. The standard InChI is InChI=1S/C7H13N3O3/c1-3-5-8-6(11)9-10-7(12)13-4-2/h3H,1,4-5H2,2H3,(H,10,12)(H2,8,9,11). The second-order valence-corrected chi connectivity index (χ2v) is 1.97. The van der Waals surface area contributed by atoms with Crippen LogP contribution in [0.4, 0.5) is 9.59 Å². The lowest BCUT2D eigenvalue weighted by atomic mass is 10.6. The highest BCUT2D eigenvalue weighted by Gasteiger charge is 2.01. The summed E-state index contributed by atoms with van der Waals surface area (Å²) in [5.41, 5.74) is 4.11. The smallest absolute Gasteiger partial charge is 0.426 e. The van der Waals surface area contributed by atoms with Gasteiger partial charge in [-0.05, 0) is 6.92 Å². The number of carbonyl (C=O) groups is 2. The summed E-state index contributed by atoms with van der Waals surface area (Å²) in [4.78, 5) is 21.4. The maximum atomic E-state index is 10.8. The van der Waals surface area contributed by atoms with Gasteiger partial charge in [-0.1, -0.05) is 6.08 Å². The minimum absolute atomic E-state index is 0.252. The first kappa shape index (κ1) is 11.3. The molecule has 74 valence electrons. The van der Waals surface area contributed by atoms with E-state index in [-0.39, 0.29) is 6.61 Å². The largest absolute Gasteiger partial charge is 0.449 e. The number of hydrazine groups is 1. The van der Waals surface area contributed by atoms with Crippen LogP contribution >= 0.6 is 0 Å². The molecular weight excluding hydrogens is 174 g/mol. The summed E-state index contributed by atoms with van der Waals surface area (Å²) in [6, 6.07) is -0.520. The highest BCUT2D eigenvalue weighted by molar-refractivity contribution is 5.77. The van der Waals surface area contributed by atoms with Gasteiger partial charge in [0.2, 0.25) is 0 Å². The molecule has 3 amide bonds. The van der Waals surface area contributed by atoms with Crippen LogP contribution in [0.25, 0.3) is 0 Å². The Balaban J connectivity index is 3.45. The van der Waals surface area contributed by atoms with E-state index in [1.165, 1.54) is 6.08 Å². The molecule has 0 unspecified atom stereocenters. The Kier molecular flexibility index (Phi) is 6.04. The van der Waals surface area contributed by atoms with Gasteiger partial charge in [-0.25, -0.2) is 20.4 Å². The first-order valence-electron chi connectivity index (χ1n) is 3.78. The number of urea groups is 1. The molecule has 0 bridgehead atoms. The molecule has 0 aromatic rings. The summed E-state index contributed by atoms with van der Waals surface area (Å²) in [7, 11) is 0. The second kappa shape index (κ2) is 6.96. The van der Waals surface area contributed by atoms with Gasteiger partial charge >= 0.3 is 12.1 Å². The van der Waals surface area contributed by atoms with Crippen LogP contribution in [0.5, 0.6) is 0 Å². The Hall–Kier alpha value is -1.72. The van der Waals surface area contributed by atoms with Gasteiger partial charge < -0.3 is 10.1 Å². The molecule has 0 saturated heterocycles. The van der Waals surface area contributed by atoms with Crippen LogP contribution in [0.1, 0.15) is 6.92 Å². The van der Waals surface area contributed by atoms with Gasteiger partial charge in [0, 0.05) is 6.54 Å². The van der Waals surface area contributed by atoms with Gasteiger partial charge in [0.05, 0.1) is 6.61 Å². The lowest BCUT2D eigenvalue weighted by Gasteiger charge is -2.06. The fourth-order valence-corrected chi connectivity index (χ4v) is 0.484. The molecule has 0 rings (SSSR count). The second-order valence-electron chi connectivity index (χ2n) is 1.97. The molecule has 0 aromatic carbocycles. The number of ether oxygens (including phenoxy) is 1. The van der Waals surface area contributed by atoms with Crippen molar-refractivity contribution in [3.05, 3.63) is 12.7 Å². The van der Waals surface area contributed by atoms with E-state index >= 15 is 0 Å². The Morgan fingerprint density at radius 1 is 1.46 bits per heavy atom. The Morgan fingerprint density at radius 2 is 2.15 bits per heavy atom. The topological polar surface area (TPSA) is 79.5 Å². The SMILES string of the molecule is C=CCNC(=O)NNC(=O)OCC. The molecule has 6 nitrogen and oxygen atoms in total. The zero-order valence-corrected chi connectivity index (χ0v) is 7.42. The number of hydrogen-bond acceptors (Lipinski definition) is 3. The van der Waals surface area contributed by atoms with Crippen molar-refractivity contribution in [2.75, 3.05) is 13.2 Å². The van der Waals surface area contributed by atoms with E-state index in [9.17, 15) is 9.59 Å². The molecule has 0 aromatic heterocycles. The van der Waals surface area contributed by atoms with Gasteiger partial charge in [-0.2, -0.15) is 0 Å². The third-order valence-corrected chi connectivity index (χ3v) is 0.960. The van der Waals surface area contributed by atoms with Crippen LogP contribution in [0, 0.1) is 0 Å². The van der Waals surface area contributed by atoms with Gasteiger partial charge in [-0.3, -0.25) is 0 Å². The van der Waals surface area contributed by atoms with Gasteiger partial charge in [0.15, 0.2) is 0 Å². The van der Waals surface area contributed by atoms with E-state index in [4.69, 9.17) is 0 Å². The maximum absolute atomic E-state index is 10.8. The van der Waals surface area contributed by atoms with Crippen molar-refractivity contribution in [3.63, 3.8) is 0 Å². The average molecular weight is 187 g/mol. The quantitative estimate of drug-likeness (QED) is 0.434. The minimum Gasteiger partial charge on any atom is -0.449 e. The van der Waals surface area contributed by atoms with E-state index in [2.05, 4.69) is 22.1 Å². The lowest BCUT2D eigenvalue weighted by molar-refractivity contribution is 0.147. The minimum atomic E-state index is -0.698. The van der Waals surface area contributed by atoms with Crippen molar-refractivity contribution in [3.8, 4) is 0 Å². The summed E-state index contributed by atoms with van der Waals surface area (Å²) in [5.74, 6) is 0. The van der Waals surface area contributed by atoms with Crippen molar-refractivity contribution in [1.29, 1.82) is 0 Å². The fraction of sp³-hybridized carbons (Fsp3) is 0.429. The van der Waals surface area contributed by atoms with Crippen LogP contribution in [-0.2, 0) is 4.74 Å². The van der Waals surface area contributed by atoms with Crippen LogP contribution < -0.4 is 16.2 Å². The van der Waals surface area contributed by atoms with E-state index < -0.39 is 12.1 Å². The van der Waals surface area contributed by atoms with Crippen molar-refractivity contribution in [1.82, 2.24) is 16.2 Å². The van der Waals surface area contributed by atoms with Crippen LogP contribution in [-0.4, -0.2) is 25.3 Å². The third kappa shape index (κ3) is 6.67. The zero-order chi connectivity index (χ0) is 10.1. The number of nitrogens with one attached hydrogen (secondary N) is 3. The molecule has 3 N–H and O–H groups in total. The van der Waals surface area contributed by atoms with Gasteiger partial charge in [-0.15, -0.1) is 6.58 Å². The fourth-order valence-electron chi connectivity index (χ4n) is 0.484. The summed E-state index contributed by atoms with van der Waals surface area (Å²) in [6.07, 6.45) is 0.820. The number of rotatable bonds is 3. The number of hydrogen-bond donors (Lipinski definition) is 3. The number of carbonyl (C=O) groups excluding carboxylic acids is 2. The molecule has 13 heavy (non-hydrogen) atoms. The molecule has 0 fully saturated rings. The molecular formula is C7H13N3O3. The summed E-state index contributed by atoms with van der Waals surface area (Å²) in [6.45, 7) is 5.65. The summed E-state index contributed by atoms with van der Waals surface area (Å²) in [5, 5.41) is 2.39. The molecule has 0 aliphatic rings. The van der Waals surface area contributed by atoms with E-state index in [0.717, 1.165) is 0 Å². The third-order valence-electron chi connectivity index (χ3n) is 0.960. The number of amides is 3. The van der Waals surface area contributed by atoms with Gasteiger partial charge in [0.1, 0.15) is 0 Å². The first-order chi connectivity index (χ1) is 6.20. The molecule has 0 atom stereocenters. The first-order valence-corrected chi connectivity index (χ1v) is 3.78. The average Bonchev–Trinajstić information content (AvgIpc) is 2.12. The Bertz CT molecular complexity index is 193. The molecule has 0 aliphatic heterocycles. The molecule has 0 spiro atoms. The summed E-state index contributed by atoms with van der Waals surface area (Å²) >= 11 is 0. The van der Waals surface area contributed by atoms with Crippen molar-refractivity contribution in [2.45, 2.75) is 6.92 Å². The van der Waals surface area contributed by atoms with Crippen molar-refractivity contribution < 1.29 is 14.3 Å². The highest BCUT2D eigenvalue weighted by Crippen LogP contribution is 1.72. The van der Waals surface area contributed by atoms with Crippen LogP contribution in [0.3, 0.4) is 0 Å². The monoisotopic (exact) mass is 187 g/mol. The van der Waals surface area contributed by atoms with Gasteiger partial charge in [0.25, 0.3) is 0 Å². The Morgan fingerprint density at radius 3 is 2.69 bits per heavy atom. The van der Waals surface area contributed by atoms with E-state index in [0.29, 0.717) is 6.54 Å². The van der Waals surface area contributed by atoms with E-state index in [1.807, 2.05) is 5.43 Å².